The minimum atomic E-state index is -4.25. The summed E-state index contributed by atoms with van der Waals surface area (Å²) in [7, 11) is -4.25. The van der Waals surface area contributed by atoms with Crippen molar-refractivity contribution in [3.05, 3.63) is 12.3 Å². The lowest BCUT2D eigenvalue weighted by molar-refractivity contribution is -0.147. The van der Waals surface area contributed by atoms with E-state index in [9.17, 15) is 14.3 Å². The Hall–Kier alpha value is -0.920. The molecule has 0 aromatic heterocycles. The third kappa shape index (κ3) is 34.4. The van der Waals surface area contributed by atoms with Gasteiger partial charge in [-0.05, 0) is 25.3 Å². The normalized spacial score (nSPS) is 13.7. The molecular formula is C37H74NO7P. The number of hydrogen-bond acceptors (Lipinski definition) is 7. The minimum Gasteiger partial charge on any atom is -0.492 e. The van der Waals surface area contributed by atoms with Gasteiger partial charge in [-0.1, -0.05) is 162 Å². The molecule has 0 saturated carbocycles. The summed E-state index contributed by atoms with van der Waals surface area (Å²) in [5.74, 6) is -0.288. The van der Waals surface area contributed by atoms with E-state index in [0.29, 0.717) is 6.42 Å². The Morgan fingerprint density at radius 1 is 0.652 bits per heavy atom. The third-order valence-electron chi connectivity index (χ3n) is 8.30. The van der Waals surface area contributed by atoms with E-state index in [1.807, 2.05) is 6.08 Å². The van der Waals surface area contributed by atoms with Gasteiger partial charge < -0.3 is 20.1 Å². The van der Waals surface area contributed by atoms with Crippen LogP contribution in [0.1, 0.15) is 187 Å². The van der Waals surface area contributed by atoms with Gasteiger partial charge in [-0.15, -0.1) is 0 Å². The van der Waals surface area contributed by atoms with Crippen LogP contribution < -0.4 is 5.73 Å². The summed E-state index contributed by atoms with van der Waals surface area (Å²) in [4.78, 5) is 22.2. The maximum Gasteiger partial charge on any atom is 0.472 e. The summed E-state index contributed by atoms with van der Waals surface area (Å²) >= 11 is 0. The smallest absolute Gasteiger partial charge is 0.472 e. The summed E-state index contributed by atoms with van der Waals surface area (Å²) < 4.78 is 33.1. The average molecular weight is 676 g/mol. The molecule has 274 valence electrons. The summed E-state index contributed by atoms with van der Waals surface area (Å²) in [5.41, 5.74) is 5.35. The molecule has 0 aliphatic rings. The van der Waals surface area contributed by atoms with Crippen molar-refractivity contribution in [2.75, 3.05) is 26.4 Å². The van der Waals surface area contributed by atoms with Crippen molar-refractivity contribution < 1.29 is 32.8 Å². The van der Waals surface area contributed by atoms with Gasteiger partial charge in [0, 0.05) is 13.0 Å². The number of unbranched alkanes of at least 4 members (excludes halogenated alkanes) is 24. The number of carbonyl (C=O) groups excluding carboxylic acids is 1. The number of ether oxygens (including phenoxy) is 2. The van der Waals surface area contributed by atoms with E-state index in [1.54, 1.807) is 6.26 Å². The molecule has 3 N–H and O–H groups in total. The molecular weight excluding hydrogens is 601 g/mol. The molecule has 0 bridgehead atoms. The molecule has 1 unspecified atom stereocenters. The van der Waals surface area contributed by atoms with E-state index in [2.05, 4.69) is 13.8 Å². The maximum atomic E-state index is 12.3. The fraction of sp³-hybridized carbons (Fsp3) is 0.919. The quantitative estimate of drug-likeness (QED) is 0.0289. The zero-order valence-corrected chi connectivity index (χ0v) is 31.0. The van der Waals surface area contributed by atoms with Crippen molar-refractivity contribution in [2.45, 2.75) is 193 Å². The van der Waals surface area contributed by atoms with E-state index >= 15 is 0 Å². The lowest BCUT2D eigenvalue weighted by atomic mass is 10.0. The second kappa shape index (κ2) is 35.4. The highest BCUT2D eigenvalue weighted by molar-refractivity contribution is 7.47. The fourth-order valence-electron chi connectivity index (χ4n) is 5.39. The largest absolute Gasteiger partial charge is 0.492 e. The Balaban J connectivity index is 4.11. The molecule has 2 atom stereocenters. The van der Waals surface area contributed by atoms with Crippen LogP contribution >= 0.6 is 7.82 Å². The van der Waals surface area contributed by atoms with Gasteiger partial charge in [0.05, 0.1) is 19.5 Å². The van der Waals surface area contributed by atoms with Crippen LogP contribution in [-0.4, -0.2) is 43.3 Å². The standard InChI is InChI=1S/C37H74NO7P/c1-3-5-7-9-11-13-15-17-19-21-23-25-27-29-32-42-36(35-45-46(40,41)44-33-31-38)34-43-37(39)30-28-26-24-22-20-18-16-14-12-10-8-6-4-2/h29,32,36H,3-28,30-31,33-35,38H2,1-2H3,(H,40,41)/b32-29-/t36-/m1/s1. The highest BCUT2D eigenvalue weighted by Gasteiger charge is 2.24. The van der Waals surface area contributed by atoms with Crippen molar-refractivity contribution in [3.8, 4) is 0 Å². The Labute approximate surface area is 283 Å². The van der Waals surface area contributed by atoms with Crippen molar-refractivity contribution in [2.24, 2.45) is 5.73 Å². The molecule has 0 aromatic carbocycles. The zero-order valence-electron chi connectivity index (χ0n) is 30.1. The molecule has 0 rings (SSSR count). The predicted octanol–water partition coefficient (Wildman–Crippen LogP) is 11.1. The van der Waals surface area contributed by atoms with Crippen LogP contribution in [0.25, 0.3) is 0 Å². The second-order valence-electron chi connectivity index (χ2n) is 12.9. The molecule has 46 heavy (non-hydrogen) atoms. The van der Waals surface area contributed by atoms with Crippen LogP contribution in [0.3, 0.4) is 0 Å². The molecule has 0 heterocycles. The minimum absolute atomic E-state index is 0.0584. The topological polar surface area (TPSA) is 117 Å². The number of carbonyl (C=O) groups is 1. The number of phosphoric ester groups is 1. The molecule has 0 radical (unpaired) electrons. The molecule has 8 nitrogen and oxygen atoms in total. The highest BCUT2D eigenvalue weighted by atomic mass is 31.2. The first-order valence-corrected chi connectivity index (χ1v) is 20.7. The molecule has 0 aliphatic heterocycles. The second-order valence-corrected chi connectivity index (χ2v) is 14.3. The Bertz CT molecular complexity index is 722. The predicted molar refractivity (Wildman–Crippen MR) is 192 cm³/mol. The average Bonchev–Trinajstić information content (AvgIpc) is 3.05. The van der Waals surface area contributed by atoms with Crippen LogP contribution in [0.4, 0.5) is 0 Å². The highest BCUT2D eigenvalue weighted by Crippen LogP contribution is 2.43. The number of phosphoric acid groups is 1. The van der Waals surface area contributed by atoms with Crippen LogP contribution in [0.15, 0.2) is 12.3 Å². The van der Waals surface area contributed by atoms with Crippen molar-refractivity contribution in [1.29, 1.82) is 0 Å². The van der Waals surface area contributed by atoms with E-state index in [4.69, 9.17) is 24.3 Å². The van der Waals surface area contributed by atoms with Crippen LogP contribution in [-0.2, 0) is 27.9 Å². The molecule has 0 fully saturated rings. The molecule has 9 heteroatoms. The first kappa shape index (κ1) is 45.1. The van der Waals surface area contributed by atoms with Gasteiger partial charge in [0.25, 0.3) is 0 Å². The summed E-state index contributed by atoms with van der Waals surface area (Å²) in [6, 6.07) is 0. The lowest BCUT2D eigenvalue weighted by Gasteiger charge is -2.19. The Kier molecular flexibility index (Phi) is 34.7. The van der Waals surface area contributed by atoms with Gasteiger partial charge in [-0.3, -0.25) is 13.8 Å². The maximum absolute atomic E-state index is 12.3. The Morgan fingerprint density at radius 3 is 1.54 bits per heavy atom. The molecule has 0 aliphatic carbocycles. The van der Waals surface area contributed by atoms with Gasteiger partial charge in [-0.2, -0.15) is 0 Å². The van der Waals surface area contributed by atoms with E-state index < -0.39 is 13.9 Å². The molecule has 0 amide bonds. The molecule has 0 saturated heterocycles. The summed E-state index contributed by atoms with van der Waals surface area (Å²) in [5, 5.41) is 0. The molecule has 0 spiro atoms. The zero-order chi connectivity index (χ0) is 33.8. The number of hydrogen-bond donors (Lipinski definition) is 2. The van der Waals surface area contributed by atoms with Crippen LogP contribution in [0.2, 0.25) is 0 Å². The SMILES string of the molecule is CCCCCCCCCCCCCC/C=C\O[C@H](COC(=O)CCCCCCCCCCCCCCC)COP(=O)(O)OCCN. The van der Waals surface area contributed by atoms with Gasteiger partial charge >= 0.3 is 13.8 Å². The van der Waals surface area contributed by atoms with Gasteiger partial charge in [0.15, 0.2) is 6.10 Å². The van der Waals surface area contributed by atoms with E-state index in [1.165, 1.54) is 135 Å². The summed E-state index contributed by atoms with van der Waals surface area (Å²) in [6.07, 6.45) is 36.0. The molecule has 0 aromatic rings. The third-order valence-corrected chi connectivity index (χ3v) is 9.29. The van der Waals surface area contributed by atoms with E-state index in [0.717, 1.165) is 32.1 Å². The number of nitrogens with two attached hydrogens (primary N) is 1. The monoisotopic (exact) mass is 676 g/mol. The first-order chi connectivity index (χ1) is 22.4. The van der Waals surface area contributed by atoms with Gasteiger partial charge in [-0.25, -0.2) is 4.57 Å². The summed E-state index contributed by atoms with van der Waals surface area (Å²) in [6.45, 7) is 4.23. The van der Waals surface area contributed by atoms with Crippen molar-refractivity contribution >= 4 is 13.8 Å². The van der Waals surface area contributed by atoms with E-state index in [-0.39, 0.29) is 32.3 Å². The van der Waals surface area contributed by atoms with Crippen molar-refractivity contribution in [3.63, 3.8) is 0 Å². The number of esters is 1. The Morgan fingerprint density at radius 2 is 1.09 bits per heavy atom. The van der Waals surface area contributed by atoms with Crippen LogP contribution in [0, 0.1) is 0 Å². The van der Waals surface area contributed by atoms with Gasteiger partial charge in [0.2, 0.25) is 0 Å². The first-order valence-electron chi connectivity index (χ1n) is 19.2. The van der Waals surface area contributed by atoms with Crippen LogP contribution in [0.5, 0.6) is 0 Å². The lowest BCUT2D eigenvalue weighted by Crippen LogP contribution is -2.25. The van der Waals surface area contributed by atoms with Gasteiger partial charge in [0.1, 0.15) is 6.61 Å². The van der Waals surface area contributed by atoms with Crippen molar-refractivity contribution in [1.82, 2.24) is 0 Å². The number of allylic oxidation sites excluding steroid dienone is 1. The fourth-order valence-corrected chi connectivity index (χ4v) is 6.16. The number of rotatable bonds is 37.